The molecule has 0 bridgehead atoms. The second-order valence-electron chi connectivity index (χ2n) is 8.62. The number of rotatable bonds is 1. The quantitative estimate of drug-likeness (QED) is 0.506. The van der Waals surface area contributed by atoms with Gasteiger partial charge in [0.25, 0.3) is 0 Å². The van der Waals surface area contributed by atoms with Gasteiger partial charge in [0.2, 0.25) is 0 Å². The average Bonchev–Trinajstić information content (AvgIpc) is 2.37. The van der Waals surface area contributed by atoms with Crippen LogP contribution in [0, 0.1) is 10.8 Å². The van der Waals surface area contributed by atoms with E-state index in [1.807, 2.05) is 0 Å². The highest BCUT2D eigenvalue weighted by Gasteiger charge is 2.46. The van der Waals surface area contributed by atoms with E-state index in [0.29, 0.717) is 10.8 Å². The lowest BCUT2D eigenvalue weighted by Crippen LogP contribution is -2.43. The third-order valence-corrected chi connectivity index (χ3v) is 7.01. The van der Waals surface area contributed by atoms with Crippen molar-refractivity contribution in [2.45, 2.75) is 109 Å². The number of hydrogen-bond acceptors (Lipinski definition) is 1. The van der Waals surface area contributed by atoms with Crippen molar-refractivity contribution >= 4 is 12.6 Å². The smallest absolute Gasteiger partial charge is 0.0107 e. The highest BCUT2D eigenvalue weighted by molar-refractivity contribution is 7.81. The summed E-state index contributed by atoms with van der Waals surface area (Å²) in [5, 5.41) is 0. The van der Waals surface area contributed by atoms with Crippen LogP contribution in [-0.4, -0.2) is 4.75 Å². The van der Waals surface area contributed by atoms with Gasteiger partial charge < -0.3 is 0 Å². The van der Waals surface area contributed by atoms with Gasteiger partial charge in [0.15, 0.2) is 0 Å². The molecule has 0 heterocycles. The van der Waals surface area contributed by atoms with Crippen LogP contribution < -0.4 is 0 Å². The van der Waals surface area contributed by atoms with Gasteiger partial charge in [-0.3, -0.25) is 0 Å². The van der Waals surface area contributed by atoms with Gasteiger partial charge in [-0.2, -0.15) is 12.6 Å². The van der Waals surface area contributed by atoms with E-state index in [9.17, 15) is 0 Å². The van der Waals surface area contributed by atoms with Crippen LogP contribution in [0.4, 0.5) is 0 Å². The van der Waals surface area contributed by atoms with E-state index >= 15 is 0 Å². The molecule has 0 saturated heterocycles. The lowest BCUT2D eigenvalue weighted by molar-refractivity contribution is 0.00106. The van der Waals surface area contributed by atoms with Crippen molar-refractivity contribution in [3.8, 4) is 0 Å². The van der Waals surface area contributed by atoms with Gasteiger partial charge in [0, 0.05) is 4.75 Å². The van der Waals surface area contributed by atoms with E-state index in [1.54, 1.807) is 0 Å². The van der Waals surface area contributed by atoms with E-state index in [2.05, 4.69) is 20.8 Å². The van der Waals surface area contributed by atoms with Gasteiger partial charge in [-0.15, -0.1) is 0 Å². The van der Waals surface area contributed by atoms with E-state index in [1.165, 1.54) is 83.5 Å². The first-order valence-corrected chi connectivity index (χ1v) is 9.54. The van der Waals surface area contributed by atoms with Crippen molar-refractivity contribution in [3.05, 3.63) is 0 Å². The summed E-state index contributed by atoms with van der Waals surface area (Å²) < 4.78 is 0.243. The maximum Gasteiger partial charge on any atom is 0.0107 e. The highest BCUT2D eigenvalue weighted by atomic mass is 32.1. The van der Waals surface area contributed by atoms with Crippen molar-refractivity contribution in [1.29, 1.82) is 0 Å². The van der Waals surface area contributed by atoms with E-state index < -0.39 is 0 Å². The first-order valence-electron chi connectivity index (χ1n) is 9.09. The fourth-order valence-corrected chi connectivity index (χ4v) is 5.53. The maximum atomic E-state index is 5.09. The molecule has 1 heteroatoms. The van der Waals surface area contributed by atoms with Crippen molar-refractivity contribution in [3.63, 3.8) is 0 Å². The molecule has 2 rings (SSSR count). The van der Waals surface area contributed by atoms with Crippen molar-refractivity contribution < 1.29 is 0 Å². The Bertz CT molecular complexity index is 301. The molecule has 0 N–H and O–H groups in total. The summed E-state index contributed by atoms with van der Waals surface area (Å²) in [6.07, 6.45) is 18.5. The molecule has 0 aliphatic heterocycles. The van der Waals surface area contributed by atoms with E-state index in [0.717, 1.165) is 0 Å². The molecule has 0 radical (unpaired) electrons. The van der Waals surface area contributed by atoms with Crippen molar-refractivity contribution in [2.75, 3.05) is 0 Å². The van der Waals surface area contributed by atoms with Crippen molar-refractivity contribution in [1.82, 2.24) is 0 Å². The minimum atomic E-state index is 0.243. The average molecular weight is 297 g/mol. The molecule has 0 nitrogen and oxygen atoms in total. The lowest BCUT2D eigenvalue weighted by Gasteiger charge is -2.52. The first kappa shape index (κ1) is 16.7. The lowest BCUT2D eigenvalue weighted by atomic mass is 9.54. The number of thiol groups is 1. The fourth-order valence-electron chi connectivity index (χ4n) is 5.02. The minimum Gasteiger partial charge on any atom is -0.173 e. The van der Waals surface area contributed by atoms with E-state index in [4.69, 9.17) is 12.6 Å². The first-order chi connectivity index (χ1) is 9.37. The summed E-state index contributed by atoms with van der Waals surface area (Å²) in [7, 11) is 0. The van der Waals surface area contributed by atoms with Gasteiger partial charge in [0.05, 0.1) is 0 Å². The molecule has 118 valence electrons. The third kappa shape index (κ3) is 3.96. The molecule has 2 aliphatic rings. The fraction of sp³-hybridized carbons (Fsp3) is 1.00. The Hall–Kier alpha value is 0.350. The van der Waals surface area contributed by atoms with Gasteiger partial charge in [-0.05, 0) is 42.9 Å². The SMILES string of the molecule is CC1(S)CCCCCCCC(C)(C2(C)CCCCC2)C1. The predicted octanol–water partition coefficient (Wildman–Crippen LogP) is 6.79. The molecule has 0 aromatic rings. The minimum absolute atomic E-state index is 0.243. The third-order valence-electron chi connectivity index (χ3n) is 6.63. The zero-order valence-corrected chi connectivity index (χ0v) is 15.0. The van der Waals surface area contributed by atoms with E-state index in [-0.39, 0.29) is 4.75 Å². The molecular weight excluding hydrogens is 260 g/mol. The predicted molar refractivity (Wildman–Crippen MR) is 93.6 cm³/mol. The highest BCUT2D eigenvalue weighted by Crippen LogP contribution is 2.57. The largest absolute Gasteiger partial charge is 0.173 e. The molecule has 20 heavy (non-hydrogen) atoms. The van der Waals surface area contributed by atoms with Crippen LogP contribution in [0.15, 0.2) is 0 Å². The molecule has 0 spiro atoms. The molecular formula is C19H36S. The normalized spacial score (nSPS) is 40.2. The van der Waals surface area contributed by atoms with Crippen LogP contribution in [0.5, 0.6) is 0 Å². The second kappa shape index (κ2) is 6.63. The second-order valence-corrected chi connectivity index (χ2v) is 9.70. The van der Waals surface area contributed by atoms with Crippen molar-refractivity contribution in [2.24, 2.45) is 10.8 Å². The monoisotopic (exact) mass is 296 g/mol. The van der Waals surface area contributed by atoms with Crippen LogP contribution in [0.25, 0.3) is 0 Å². The van der Waals surface area contributed by atoms with Gasteiger partial charge >= 0.3 is 0 Å². The van der Waals surface area contributed by atoms with Gasteiger partial charge in [-0.1, -0.05) is 72.1 Å². The Morgan fingerprint density at radius 1 is 0.550 bits per heavy atom. The van der Waals surface area contributed by atoms with Crippen LogP contribution in [0.1, 0.15) is 104 Å². The van der Waals surface area contributed by atoms with Crippen LogP contribution in [0.2, 0.25) is 0 Å². The summed E-state index contributed by atoms with van der Waals surface area (Å²) in [5.41, 5.74) is 1.07. The molecule has 2 atom stereocenters. The molecule has 2 unspecified atom stereocenters. The summed E-state index contributed by atoms with van der Waals surface area (Å²) in [6, 6.07) is 0. The Morgan fingerprint density at radius 2 is 0.950 bits per heavy atom. The Morgan fingerprint density at radius 3 is 1.55 bits per heavy atom. The summed E-state index contributed by atoms with van der Waals surface area (Å²) in [5.74, 6) is 0. The zero-order valence-electron chi connectivity index (χ0n) is 14.1. The number of hydrogen-bond donors (Lipinski definition) is 1. The van der Waals surface area contributed by atoms with Crippen LogP contribution >= 0.6 is 12.6 Å². The molecule has 2 fully saturated rings. The van der Waals surface area contributed by atoms with Gasteiger partial charge in [-0.25, -0.2) is 0 Å². The zero-order chi connectivity index (χ0) is 14.7. The van der Waals surface area contributed by atoms with Gasteiger partial charge in [0.1, 0.15) is 0 Å². The molecule has 2 saturated carbocycles. The Labute approximate surface area is 132 Å². The summed E-state index contributed by atoms with van der Waals surface area (Å²) >= 11 is 5.09. The Kier molecular flexibility index (Phi) is 5.54. The molecule has 0 aromatic heterocycles. The molecule has 0 aromatic carbocycles. The van der Waals surface area contributed by atoms with Crippen LogP contribution in [0.3, 0.4) is 0 Å². The topological polar surface area (TPSA) is 0 Å². The molecule has 2 aliphatic carbocycles. The maximum absolute atomic E-state index is 5.09. The van der Waals surface area contributed by atoms with Crippen LogP contribution in [-0.2, 0) is 0 Å². The summed E-state index contributed by atoms with van der Waals surface area (Å²) in [4.78, 5) is 0. The Balaban J connectivity index is 2.17. The summed E-state index contributed by atoms with van der Waals surface area (Å²) in [6.45, 7) is 7.61. The standard InChI is InChI=1S/C19H36S/c1-17(12-9-7-10-13-17)18(2)14-8-5-4-6-11-15-19(3,20)16-18/h20H,4-16H2,1-3H3. The molecule has 0 amide bonds.